The van der Waals surface area contributed by atoms with E-state index in [1.54, 1.807) is 9.80 Å². The third kappa shape index (κ3) is 3.49. The van der Waals surface area contributed by atoms with Gasteiger partial charge in [-0.1, -0.05) is 12.1 Å². The molecule has 1 aliphatic heterocycles. The van der Waals surface area contributed by atoms with E-state index in [9.17, 15) is 9.59 Å². The molecule has 1 aromatic carbocycles. The molecule has 1 aromatic heterocycles. The molecule has 2 amide bonds. The number of carbonyl (C=O) groups is 2. The van der Waals surface area contributed by atoms with Gasteiger partial charge in [-0.3, -0.25) is 14.6 Å². The van der Waals surface area contributed by atoms with E-state index < -0.39 is 0 Å². The zero-order chi connectivity index (χ0) is 16.2. The number of nitrogens with zero attached hydrogens (tertiary/aromatic N) is 4. The van der Waals surface area contributed by atoms with Crippen LogP contribution in [0, 0.1) is 3.57 Å². The third-order valence-corrected chi connectivity index (χ3v) is 4.68. The smallest absolute Gasteiger partial charge is 0.274 e. The zero-order valence-corrected chi connectivity index (χ0v) is 14.5. The van der Waals surface area contributed by atoms with Crippen LogP contribution in [0.25, 0.3) is 0 Å². The minimum Gasteiger partial charge on any atom is -0.335 e. The standard InChI is InChI=1S/C16H15IN4O2/c17-13-4-2-1-3-12(13)15(22)20-7-9-21(10-8-20)16(23)14-11-18-5-6-19-14/h1-6,11H,7-10H2. The first-order valence-corrected chi connectivity index (χ1v) is 8.34. The lowest BCUT2D eigenvalue weighted by atomic mass is 10.2. The summed E-state index contributed by atoms with van der Waals surface area (Å²) in [4.78, 5) is 36.3. The van der Waals surface area contributed by atoms with E-state index in [0.717, 1.165) is 3.57 Å². The van der Waals surface area contributed by atoms with Crippen LogP contribution < -0.4 is 0 Å². The van der Waals surface area contributed by atoms with Crippen molar-refractivity contribution in [3.8, 4) is 0 Å². The lowest BCUT2D eigenvalue weighted by Crippen LogP contribution is -2.50. The van der Waals surface area contributed by atoms with E-state index in [4.69, 9.17) is 0 Å². The van der Waals surface area contributed by atoms with Crippen LogP contribution in [-0.4, -0.2) is 57.8 Å². The first-order valence-electron chi connectivity index (χ1n) is 7.26. The maximum Gasteiger partial charge on any atom is 0.274 e. The maximum absolute atomic E-state index is 12.6. The van der Waals surface area contributed by atoms with Crippen molar-refractivity contribution in [2.24, 2.45) is 0 Å². The van der Waals surface area contributed by atoms with Gasteiger partial charge in [0.05, 0.1) is 11.8 Å². The van der Waals surface area contributed by atoms with Gasteiger partial charge < -0.3 is 9.80 Å². The third-order valence-electron chi connectivity index (χ3n) is 3.74. The number of aromatic nitrogens is 2. The molecule has 0 saturated carbocycles. The van der Waals surface area contributed by atoms with Gasteiger partial charge in [-0.15, -0.1) is 0 Å². The van der Waals surface area contributed by atoms with Crippen LogP contribution in [0.4, 0.5) is 0 Å². The molecule has 23 heavy (non-hydrogen) atoms. The number of amides is 2. The molecule has 6 nitrogen and oxygen atoms in total. The van der Waals surface area contributed by atoms with Crippen LogP contribution in [0.5, 0.6) is 0 Å². The molecule has 0 atom stereocenters. The van der Waals surface area contributed by atoms with Crippen molar-refractivity contribution in [1.29, 1.82) is 0 Å². The van der Waals surface area contributed by atoms with E-state index in [0.29, 0.717) is 37.4 Å². The molecule has 1 saturated heterocycles. The van der Waals surface area contributed by atoms with Crippen molar-refractivity contribution < 1.29 is 9.59 Å². The number of carbonyl (C=O) groups excluding carboxylic acids is 2. The number of hydrogen-bond donors (Lipinski definition) is 0. The highest BCUT2D eigenvalue weighted by molar-refractivity contribution is 14.1. The second-order valence-electron chi connectivity index (χ2n) is 5.15. The van der Waals surface area contributed by atoms with Gasteiger partial charge in [0.15, 0.2) is 0 Å². The summed E-state index contributed by atoms with van der Waals surface area (Å²) in [5.41, 5.74) is 1.05. The minimum atomic E-state index is -0.139. The largest absolute Gasteiger partial charge is 0.335 e. The molecule has 0 radical (unpaired) electrons. The molecular weight excluding hydrogens is 407 g/mol. The van der Waals surface area contributed by atoms with Gasteiger partial charge >= 0.3 is 0 Å². The molecule has 2 heterocycles. The van der Waals surface area contributed by atoms with E-state index in [2.05, 4.69) is 32.6 Å². The molecule has 0 unspecified atom stereocenters. The minimum absolute atomic E-state index is 0.0154. The Balaban J connectivity index is 1.64. The number of hydrogen-bond acceptors (Lipinski definition) is 4. The maximum atomic E-state index is 12.6. The van der Waals surface area contributed by atoms with E-state index >= 15 is 0 Å². The van der Waals surface area contributed by atoms with Crippen LogP contribution in [0.1, 0.15) is 20.8 Å². The first-order chi connectivity index (χ1) is 11.2. The van der Waals surface area contributed by atoms with Crippen LogP contribution >= 0.6 is 22.6 Å². The van der Waals surface area contributed by atoms with Crippen molar-refractivity contribution in [1.82, 2.24) is 19.8 Å². The van der Waals surface area contributed by atoms with Crippen molar-refractivity contribution in [2.45, 2.75) is 0 Å². The van der Waals surface area contributed by atoms with Crippen LogP contribution in [0.3, 0.4) is 0 Å². The van der Waals surface area contributed by atoms with E-state index in [-0.39, 0.29) is 11.8 Å². The normalized spacial score (nSPS) is 14.7. The Morgan fingerprint density at radius 2 is 1.61 bits per heavy atom. The molecule has 0 spiro atoms. The number of piperazine rings is 1. The lowest BCUT2D eigenvalue weighted by molar-refractivity contribution is 0.0531. The predicted octanol–water partition coefficient (Wildman–Crippen LogP) is 1.68. The fourth-order valence-electron chi connectivity index (χ4n) is 2.49. The summed E-state index contributed by atoms with van der Waals surface area (Å²) >= 11 is 2.17. The summed E-state index contributed by atoms with van der Waals surface area (Å²) in [5.74, 6) is -0.124. The predicted molar refractivity (Wildman–Crippen MR) is 93.0 cm³/mol. The molecule has 1 fully saturated rings. The molecule has 7 heteroatoms. The number of rotatable bonds is 2. The Bertz CT molecular complexity index is 715. The molecule has 0 bridgehead atoms. The first kappa shape index (κ1) is 15.9. The fraction of sp³-hybridized carbons (Fsp3) is 0.250. The van der Waals surface area contributed by atoms with Crippen LogP contribution in [0.2, 0.25) is 0 Å². The van der Waals surface area contributed by atoms with Gasteiger partial charge in [0, 0.05) is 42.1 Å². The van der Waals surface area contributed by atoms with Crippen molar-refractivity contribution in [2.75, 3.05) is 26.2 Å². The highest BCUT2D eigenvalue weighted by Crippen LogP contribution is 2.16. The highest BCUT2D eigenvalue weighted by atomic mass is 127. The summed E-state index contributed by atoms with van der Waals surface area (Å²) in [6, 6.07) is 7.53. The quantitative estimate of drug-likeness (QED) is 0.691. The number of benzene rings is 1. The molecule has 3 rings (SSSR count). The average Bonchev–Trinajstić information content (AvgIpc) is 2.62. The topological polar surface area (TPSA) is 66.4 Å². The average molecular weight is 422 g/mol. The molecule has 118 valence electrons. The van der Waals surface area contributed by atoms with Gasteiger partial charge in [-0.25, -0.2) is 4.98 Å². The van der Waals surface area contributed by atoms with Gasteiger partial charge in [-0.2, -0.15) is 0 Å². The molecule has 0 aliphatic carbocycles. The fourth-order valence-corrected chi connectivity index (χ4v) is 3.11. The van der Waals surface area contributed by atoms with E-state index in [1.807, 2.05) is 24.3 Å². The Labute approximate surface area is 147 Å². The molecule has 1 aliphatic rings. The monoisotopic (exact) mass is 422 g/mol. The van der Waals surface area contributed by atoms with Gasteiger partial charge in [-0.05, 0) is 34.7 Å². The zero-order valence-electron chi connectivity index (χ0n) is 12.4. The second-order valence-corrected chi connectivity index (χ2v) is 6.32. The summed E-state index contributed by atoms with van der Waals surface area (Å²) in [5, 5.41) is 0. The van der Waals surface area contributed by atoms with Crippen LogP contribution in [0.15, 0.2) is 42.9 Å². The SMILES string of the molecule is O=C(c1cnccn1)N1CCN(C(=O)c2ccccc2I)CC1. The second kappa shape index (κ2) is 7.03. The van der Waals surface area contributed by atoms with Gasteiger partial charge in [0.1, 0.15) is 5.69 Å². The Kier molecular flexibility index (Phi) is 4.85. The Hall–Kier alpha value is -2.03. The molecule has 0 N–H and O–H groups in total. The van der Waals surface area contributed by atoms with Crippen molar-refractivity contribution >= 4 is 34.4 Å². The van der Waals surface area contributed by atoms with E-state index in [1.165, 1.54) is 18.6 Å². The highest BCUT2D eigenvalue weighted by Gasteiger charge is 2.26. The Morgan fingerprint density at radius 1 is 0.957 bits per heavy atom. The Morgan fingerprint density at radius 3 is 2.22 bits per heavy atom. The van der Waals surface area contributed by atoms with Crippen LogP contribution in [-0.2, 0) is 0 Å². The van der Waals surface area contributed by atoms with Gasteiger partial charge in [0.25, 0.3) is 11.8 Å². The summed E-state index contributed by atoms with van der Waals surface area (Å²) in [6.45, 7) is 2.06. The summed E-state index contributed by atoms with van der Waals surface area (Å²) in [6.07, 6.45) is 4.51. The van der Waals surface area contributed by atoms with Crippen molar-refractivity contribution in [3.63, 3.8) is 0 Å². The molecular formula is C16H15IN4O2. The summed E-state index contributed by atoms with van der Waals surface area (Å²) < 4.78 is 0.938. The molecule has 2 aromatic rings. The lowest BCUT2D eigenvalue weighted by Gasteiger charge is -2.34. The summed E-state index contributed by atoms with van der Waals surface area (Å²) in [7, 11) is 0. The van der Waals surface area contributed by atoms with Gasteiger partial charge in [0.2, 0.25) is 0 Å². The number of halogens is 1. The van der Waals surface area contributed by atoms with Crippen molar-refractivity contribution in [3.05, 3.63) is 57.7 Å².